The molecule has 0 aromatic heterocycles. The molecule has 1 aromatic carbocycles. The molecule has 2 atom stereocenters. The van der Waals surface area contributed by atoms with Crippen LogP contribution in [0, 0.1) is 11.7 Å². The largest absolute Gasteiger partial charge is 0.342 e. The summed E-state index contributed by atoms with van der Waals surface area (Å²) < 4.78 is 13.2. The molecular weight excluding hydrogens is 205 g/mol. The summed E-state index contributed by atoms with van der Waals surface area (Å²) >= 11 is 0. The molecule has 3 rings (SSSR count). The molecule has 0 radical (unpaired) electrons. The molecule has 16 heavy (non-hydrogen) atoms. The average Bonchev–Trinajstić information content (AvgIpc) is 2.82. The van der Waals surface area contributed by atoms with Gasteiger partial charge in [-0.25, -0.2) is 4.39 Å². The fourth-order valence-corrected chi connectivity index (χ4v) is 2.97. The lowest BCUT2D eigenvalue weighted by Gasteiger charge is -2.19. The number of nitrogens with zero attached hydrogens (tertiary/aromatic N) is 1. The van der Waals surface area contributed by atoms with E-state index >= 15 is 0 Å². The molecular formula is C13H14FNO. The summed E-state index contributed by atoms with van der Waals surface area (Å²) in [6.45, 7) is 3.20. The second-order valence-corrected chi connectivity index (χ2v) is 4.97. The van der Waals surface area contributed by atoms with Crippen LogP contribution in [0.3, 0.4) is 0 Å². The van der Waals surface area contributed by atoms with Gasteiger partial charge in [-0.15, -0.1) is 0 Å². The van der Waals surface area contributed by atoms with Crippen molar-refractivity contribution in [3.8, 4) is 0 Å². The standard InChI is InChI=1S/C13H14FNO/c1-9(16)15-7-11-6-13(11,8-15)10-3-2-4-12(14)5-10/h2-5,11H,6-8H2,1H3. The van der Waals surface area contributed by atoms with Crippen molar-refractivity contribution in [2.24, 2.45) is 5.92 Å². The Bertz CT molecular complexity index is 459. The van der Waals surface area contributed by atoms with Crippen LogP contribution in [0.2, 0.25) is 0 Å². The topological polar surface area (TPSA) is 20.3 Å². The van der Waals surface area contributed by atoms with Crippen molar-refractivity contribution in [2.75, 3.05) is 13.1 Å². The van der Waals surface area contributed by atoms with Crippen LogP contribution in [-0.2, 0) is 10.2 Å². The SMILES string of the molecule is CC(=O)N1CC2CC2(c2cccc(F)c2)C1. The maximum atomic E-state index is 13.2. The molecule has 0 spiro atoms. The first kappa shape index (κ1) is 9.82. The number of carbonyl (C=O) groups excluding carboxylic acids is 1. The number of rotatable bonds is 1. The normalized spacial score (nSPS) is 31.4. The quantitative estimate of drug-likeness (QED) is 0.707. The van der Waals surface area contributed by atoms with E-state index in [9.17, 15) is 9.18 Å². The van der Waals surface area contributed by atoms with Crippen LogP contribution in [0.15, 0.2) is 24.3 Å². The van der Waals surface area contributed by atoms with E-state index in [-0.39, 0.29) is 17.1 Å². The molecule has 84 valence electrons. The molecule has 1 amide bonds. The molecule has 1 saturated heterocycles. The Kier molecular flexibility index (Phi) is 1.88. The minimum absolute atomic E-state index is 0.0633. The maximum Gasteiger partial charge on any atom is 0.219 e. The Labute approximate surface area is 94.1 Å². The molecule has 2 nitrogen and oxygen atoms in total. The lowest BCUT2D eigenvalue weighted by molar-refractivity contribution is -0.128. The monoisotopic (exact) mass is 219 g/mol. The zero-order valence-electron chi connectivity index (χ0n) is 9.24. The second kappa shape index (κ2) is 3.06. The lowest BCUT2D eigenvalue weighted by Crippen LogP contribution is -2.30. The van der Waals surface area contributed by atoms with Crippen molar-refractivity contribution in [3.05, 3.63) is 35.6 Å². The summed E-state index contributed by atoms with van der Waals surface area (Å²) in [4.78, 5) is 13.2. The lowest BCUT2D eigenvalue weighted by atomic mass is 9.95. The molecule has 0 N–H and O–H groups in total. The summed E-state index contributed by atoms with van der Waals surface area (Å²) in [5, 5.41) is 0. The summed E-state index contributed by atoms with van der Waals surface area (Å²) in [7, 11) is 0. The van der Waals surface area contributed by atoms with Gasteiger partial charge in [0.15, 0.2) is 0 Å². The Hall–Kier alpha value is -1.38. The average molecular weight is 219 g/mol. The van der Waals surface area contributed by atoms with E-state index in [1.807, 2.05) is 11.0 Å². The van der Waals surface area contributed by atoms with Crippen LogP contribution in [0.1, 0.15) is 18.9 Å². The molecule has 1 saturated carbocycles. The highest BCUT2D eigenvalue weighted by atomic mass is 19.1. The van der Waals surface area contributed by atoms with Crippen molar-refractivity contribution in [1.82, 2.24) is 4.90 Å². The van der Waals surface area contributed by atoms with Crippen molar-refractivity contribution >= 4 is 5.91 Å². The van der Waals surface area contributed by atoms with E-state index in [1.54, 1.807) is 19.1 Å². The van der Waals surface area contributed by atoms with Crippen LogP contribution < -0.4 is 0 Å². The molecule has 2 aliphatic rings. The Balaban J connectivity index is 1.90. The highest BCUT2D eigenvalue weighted by Crippen LogP contribution is 2.58. The molecule has 3 heteroatoms. The van der Waals surface area contributed by atoms with Crippen LogP contribution >= 0.6 is 0 Å². The first-order valence-electron chi connectivity index (χ1n) is 5.63. The zero-order chi connectivity index (χ0) is 11.3. The smallest absolute Gasteiger partial charge is 0.219 e. The summed E-state index contributed by atoms with van der Waals surface area (Å²) in [5.74, 6) is 0.486. The number of benzene rings is 1. The van der Waals surface area contributed by atoms with Gasteiger partial charge in [0.25, 0.3) is 0 Å². The number of halogens is 1. The zero-order valence-corrected chi connectivity index (χ0v) is 9.24. The number of piperidine rings is 1. The van der Waals surface area contributed by atoms with E-state index in [0.29, 0.717) is 5.92 Å². The number of likely N-dealkylation sites (tertiary alicyclic amines) is 1. The van der Waals surface area contributed by atoms with E-state index in [4.69, 9.17) is 0 Å². The third-order valence-electron chi connectivity index (χ3n) is 3.99. The van der Waals surface area contributed by atoms with E-state index in [2.05, 4.69) is 0 Å². The van der Waals surface area contributed by atoms with Crippen LogP contribution in [0.4, 0.5) is 4.39 Å². The number of hydrogen-bond donors (Lipinski definition) is 0. The van der Waals surface area contributed by atoms with E-state index in [1.165, 1.54) is 6.07 Å². The third kappa shape index (κ3) is 1.27. The van der Waals surface area contributed by atoms with Crippen LogP contribution in [0.25, 0.3) is 0 Å². The number of fused-ring (bicyclic) bond motifs is 1. The van der Waals surface area contributed by atoms with Crippen LogP contribution in [0.5, 0.6) is 0 Å². The second-order valence-electron chi connectivity index (χ2n) is 4.97. The maximum absolute atomic E-state index is 13.2. The Morgan fingerprint density at radius 1 is 1.56 bits per heavy atom. The number of amides is 1. The molecule has 2 fully saturated rings. The van der Waals surface area contributed by atoms with Gasteiger partial charge in [0, 0.05) is 25.4 Å². The van der Waals surface area contributed by atoms with Crippen molar-refractivity contribution in [1.29, 1.82) is 0 Å². The van der Waals surface area contributed by atoms with Gasteiger partial charge in [-0.2, -0.15) is 0 Å². The minimum atomic E-state index is -0.182. The van der Waals surface area contributed by atoms with Crippen molar-refractivity contribution in [2.45, 2.75) is 18.8 Å². The molecule has 1 aliphatic carbocycles. The molecule has 1 aromatic rings. The first-order valence-corrected chi connectivity index (χ1v) is 5.63. The van der Waals surface area contributed by atoms with Gasteiger partial charge >= 0.3 is 0 Å². The van der Waals surface area contributed by atoms with Gasteiger partial charge in [0.05, 0.1) is 0 Å². The minimum Gasteiger partial charge on any atom is -0.342 e. The van der Waals surface area contributed by atoms with Gasteiger partial charge in [0.1, 0.15) is 5.82 Å². The van der Waals surface area contributed by atoms with Crippen LogP contribution in [-0.4, -0.2) is 23.9 Å². The fraction of sp³-hybridized carbons (Fsp3) is 0.462. The Morgan fingerprint density at radius 3 is 3.00 bits per heavy atom. The Morgan fingerprint density at radius 2 is 2.38 bits per heavy atom. The molecule has 2 unspecified atom stereocenters. The first-order chi connectivity index (χ1) is 7.62. The fourth-order valence-electron chi connectivity index (χ4n) is 2.97. The van der Waals surface area contributed by atoms with Crippen molar-refractivity contribution < 1.29 is 9.18 Å². The van der Waals surface area contributed by atoms with Gasteiger partial charge < -0.3 is 4.90 Å². The highest BCUT2D eigenvalue weighted by Gasteiger charge is 2.61. The number of carbonyl (C=O) groups is 1. The van der Waals surface area contributed by atoms with E-state index < -0.39 is 0 Å². The summed E-state index contributed by atoms with van der Waals surface area (Å²) in [6.07, 6.45) is 1.10. The van der Waals surface area contributed by atoms with Gasteiger partial charge in [-0.3, -0.25) is 4.79 Å². The molecule has 1 heterocycles. The third-order valence-corrected chi connectivity index (χ3v) is 3.99. The highest BCUT2D eigenvalue weighted by molar-refractivity contribution is 5.74. The predicted octanol–water partition coefficient (Wildman–Crippen LogP) is 1.95. The number of hydrogen-bond acceptors (Lipinski definition) is 1. The summed E-state index contributed by atoms with van der Waals surface area (Å²) in [6, 6.07) is 6.82. The molecule has 0 bridgehead atoms. The van der Waals surface area contributed by atoms with Gasteiger partial charge in [-0.1, -0.05) is 12.1 Å². The predicted molar refractivity (Wildman–Crippen MR) is 58.4 cm³/mol. The van der Waals surface area contributed by atoms with E-state index in [0.717, 1.165) is 25.1 Å². The van der Waals surface area contributed by atoms with Gasteiger partial charge in [0.2, 0.25) is 5.91 Å². The molecule has 1 aliphatic heterocycles. The summed E-state index contributed by atoms with van der Waals surface area (Å²) in [5.41, 5.74) is 1.12. The van der Waals surface area contributed by atoms with Crippen molar-refractivity contribution in [3.63, 3.8) is 0 Å². The van der Waals surface area contributed by atoms with Gasteiger partial charge in [-0.05, 0) is 30.0 Å².